The molecule has 0 fully saturated rings. The van der Waals surface area contributed by atoms with Gasteiger partial charge in [-0.25, -0.2) is 0 Å². The highest BCUT2D eigenvalue weighted by Gasteiger charge is 2.34. The van der Waals surface area contributed by atoms with E-state index in [1.807, 2.05) is 0 Å². The molecule has 0 amide bonds. The van der Waals surface area contributed by atoms with E-state index in [2.05, 4.69) is 221 Å². The van der Waals surface area contributed by atoms with Crippen molar-refractivity contribution in [2.45, 2.75) is 38.5 Å². The Kier molecular flexibility index (Phi) is 7.90. The molecule has 0 heterocycles. The van der Waals surface area contributed by atoms with Crippen LogP contribution in [0.5, 0.6) is 0 Å². The van der Waals surface area contributed by atoms with Crippen LogP contribution in [0.3, 0.4) is 0 Å². The molecule has 1 heteroatoms. The third kappa shape index (κ3) is 5.74. The van der Waals surface area contributed by atoms with Gasteiger partial charge in [0, 0.05) is 27.9 Å². The molecule has 1 nitrogen and oxygen atoms in total. The molecule has 0 saturated carbocycles. The van der Waals surface area contributed by atoms with E-state index in [-0.39, 0.29) is 10.8 Å². The van der Waals surface area contributed by atoms with Crippen LogP contribution in [0, 0.1) is 0 Å². The molecule has 7 aromatic rings. The molecule has 0 bridgehead atoms. The second kappa shape index (κ2) is 12.8. The number of hydrogen-bond donors (Lipinski definition) is 0. The molecule has 0 saturated heterocycles. The fourth-order valence-electron chi connectivity index (χ4n) is 8.55. The maximum Gasteiger partial charge on any atom is 0.0462 e. The van der Waals surface area contributed by atoms with Crippen molar-refractivity contribution < 1.29 is 0 Å². The molecular formula is C52H43N. The monoisotopic (exact) mass is 681 g/mol. The number of benzene rings is 7. The molecule has 256 valence electrons. The van der Waals surface area contributed by atoms with Crippen LogP contribution in [0.25, 0.3) is 45.6 Å². The highest BCUT2D eigenvalue weighted by Crippen LogP contribution is 2.48. The number of rotatable bonds is 7. The van der Waals surface area contributed by atoms with Crippen LogP contribution in [0.2, 0.25) is 0 Å². The van der Waals surface area contributed by atoms with Gasteiger partial charge in [0.25, 0.3) is 0 Å². The Hall–Kier alpha value is -6.18. The number of allylic oxidation sites excluding steroid dienone is 2. The lowest BCUT2D eigenvalue weighted by atomic mass is 9.78. The largest absolute Gasteiger partial charge is 0.311 e. The normalized spacial score (nSPS) is 14.9. The van der Waals surface area contributed by atoms with Crippen LogP contribution < -0.4 is 4.90 Å². The molecule has 0 spiro atoms. The summed E-state index contributed by atoms with van der Waals surface area (Å²) in [5.74, 6) is 0. The van der Waals surface area contributed by atoms with E-state index >= 15 is 0 Å². The van der Waals surface area contributed by atoms with Gasteiger partial charge in [-0.05, 0) is 115 Å². The molecule has 0 atom stereocenters. The predicted molar refractivity (Wildman–Crippen MR) is 227 cm³/mol. The second-order valence-electron chi connectivity index (χ2n) is 15.5. The van der Waals surface area contributed by atoms with E-state index in [1.54, 1.807) is 0 Å². The summed E-state index contributed by atoms with van der Waals surface area (Å²) in [4.78, 5) is 2.33. The summed E-state index contributed by atoms with van der Waals surface area (Å²) in [5, 5.41) is 0. The van der Waals surface area contributed by atoms with Gasteiger partial charge in [0.05, 0.1) is 0 Å². The van der Waals surface area contributed by atoms with E-state index in [0.29, 0.717) is 0 Å². The third-order valence-corrected chi connectivity index (χ3v) is 11.5. The maximum atomic E-state index is 2.36. The average Bonchev–Trinajstić information content (AvgIpc) is 3.64. The number of hydrogen-bond acceptors (Lipinski definition) is 1. The van der Waals surface area contributed by atoms with E-state index in [9.17, 15) is 0 Å². The molecule has 0 unspecified atom stereocenters. The average molecular weight is 682 g/mol. The third-order valence-electron chi connectivity index (χ3n) is 11.5. The van der Waals surface area contributed by atoms with E-state index in [4.69, 9.17) is 0 Å². The van der Waals surface area contributed by atoms with Gasteiger partial charge in [0.15, 0.2) is 0 Å². The summed E-state index contributed by atoms with van der Waals surface area (Å²) in [6.45, 7) is 9.32. The summed E-state index contributed by atoms with van der Waals surface area (Å²) in [6, 6.07) is 64.2. The van der Waals surface area contributed by atoms with Crippen molar-refractivity contribution in [1.29, 1.82) is 0 Å². The fraction of sp³-hybridized carbons (Fsp3) is 0.115. The molecule has 2 aliphatic carbocycles. The van der Waals surface area contributed by atoms with Gasteiger partial charge >= 0.3 is 0 Å². The lowest BCUT2D eigenvalue weighted by Crippen LogP contribution is -2.16. The summed E-state index contributed by atoms with van der Waals surface area (Å²) >= 11 is 0. The van der Waals surface area contributed by atoms with Crippen LogP contribution in [-0.2, 0) is 10.8 Å². The van der Waals surface area contributed by atoms with Gasteiger partial charge in [-0.3, -0.25) is 0 Å². The zero-order valence-electron chi connectivity index (χ0n) is 30.8. The molecule has 53 heavy (non-hydrogen) atoms. The molecular weight excluding hydrogens is 639 g/mol. The van der Waals surface area contributed by atoms with Crippen LogP contribution in [-0.4, -0.2) is 0 Å². The summed E-state index contributed by atoms with van der Waals surface area (Å²) in [5.41, 5.74) is 18.9. The molecule has 2 aliphatic rings. The van der Waals surface area contributed by atoms with E-state index < -0.39 is 0 Å². The smallest absolute Gasteiger partial charge is 0.0462 e. The zero-order chi connectivity index (χ0) is 36.2. The molecule has 0 N–H and O–H groups in total. The highest BCUT2D eigenvalue weighted by molar-refractivity contribution is 5.95. The van der Waals surface area contributed by atoms with Crippen molar-refractivity contribution in [3.63, 3.8) is 0 Å². The minimum Gasteiger partial charge on any atom is -0.311 e. The molecule has 0 aromatic heterocycles. The van der Waals surface area contributed by atoms with Gasteiger partial charge in [-0.2, -0.15) is 0 Å². The van der Waals surface area contributed by atoms with Gasteiger partial charge in [0.1, 0.15) is 0 Å². The first-order valence-electron chi connectivity index (χ1n) is 18.7. The van der Waals surface area contributed by atoms with Crippen molar-refractivity contribution in [3.05, 3.63) is 209 Å². The minimum atomic E-state index is -0.0121. The predicted octanol–water partition coefficient (Wildman–Crippen LogP) is 14.2. The number of fused-ring (bicyclic) bond motifs is 2. The lowest BCUT2D eigenvalue weighted by molar-refractivity contribution is 0.704. The van der Waals surface area contributed by atoms with Crippen molar-refractivity contribution >= 4 is 40.4 Å². The standard InChI is InChI=1S/C52H43N/c1-51(2)47-16-10-8-12-42(47)34-49(51)40-22-18-36(19-23-40)38-26-30-45(31-27-38)53(44-14-6-5-7-15-44)46-32-28-39(29-33-46)37-20-24-41(25-21-37)50-35-43-13-9-11-17-48(43)52(50,3)4/h5-35H,1-4H3. The number of anilines is 3. The van der Waals surface area contributed by atoms with E-state index in [1.165, 1.54) is 66.8 Å². The Morgan fingerprint density at radius 2 is 0.604 bits per heavy atom. The van der Waals surface area contributed by atoms with Crippen LogP contribution in [0.15, 0.2) is 176 Å². The molecule has 7 aromatic carbocycles. The first-order valence-corrected chi connectivity index (χ1v) is 18.7. The molecule has 9 rings (SSSR count). The Bertz CT molecular complexity index is 2330. The van der Waals surface area contributed by atoms with Crippen molar-refractivity contribution in [2.75, 3.05) is 4.90 Å². The van der Waals surface area contributed by atoms with Gasteiger partial charge < -0.3 is 4.90 Å². The Labute approximate surface area is 314 Å². The minimum absolute atomic E-state index is 0.0121. The van der Waals surface area contributed by atoms with Gasteiger partial charge in [-0.15, -0.1) is 0 Å². The summed E-state index contributed by atoms with van der Waals surface area (Å²) in [6.07, 6.45) is 4.71. The Balaban J connectivity index is 0.959. The van der Waals surface area contributed by atoms with E-state index in [0.717, 1.165) is 17.1 Å². The zero-order valence-corrected chi connectivity index (χ0v) is 30.8. The topological polar surface area (TPSA) is 3.24 Å². The first-order chi connectivity index (χ1) is 25.8. The second-order valence-corrected chi connectivity index (χ2v) is 15.5. The molecule has 0 radical (unpaired) electrons. The maximum absolute atomic E-state index is 2.36. The number of nitrogens with zero attached hydrogens (tertiary/aromatic N) is 1. The van der Waals surface area contributed by atoms with Crippen LogP contribution in [0.1, 0.15) is 61.1 Å². The molecule has 0 aliphatic heterocycles. The van der Waals surface area contributed by atoms with Crippen molar-refractivity contribution in [1.82, 2.24) is 0 Å². The van der Waals surface area contributed by atoms with Crippen LogP contribution >= 0.6 is 0 Å². The quantitative estimate of drug-likeness (QED) is 0.162. The Morgan fingerprint density at radius 3 is 0.981 bits per heavy atom. The van der Waals surface area contributed by atoms with Gasteiger partial charge in [-0.1, -0.05) is 167 Å². The Morgan fingerprint density at radius 1 is 0.302 bits per heavy atom. The van der Waals surface area contributed by atoms with Crippen molar-refractivity contribution in [2.24, 2.45) is 0 Å². The highest BCUT2D eigenvalue weighted by atomic mass is 15.1. The lowest BCUT2D eigenvalue weighted by Gasteiger charge is -2.26. The van der Waals surface area contributed by atoms with Crippen LogP contribution in [0.4, 0.5) is 17.1 Å². The fourth-order valence-corrected chi connectivity index (χ4v) is 8.55. The summed E-state index contributed by atoms with van der Waals surface area (Å²) in [7, 11) is 0. The summed E-state index contributed by atoms with van der Waals surface area (Å²) < 4.78 is 0. The SMILES string of the molecule is CC1(C)C(c2ccc(-c3ccc(N(c4ccccc4)c4ccc(-c5ccc(C6=Cc7ccccc7C6(C)C)cc5)cc4)cc3)cc2)=Cc2ccccc21. The van der Waals surface area contributed by atoms with Crippen molar-refractivity contribution in [3.8, 4) is 22.3 Å². The number of para-hydroxylation sites is 1. The van der Waals surface area contributed by atoms with Gasteiger partial charge in [0.2, 0.25) is 0 Å². The first kappa shape index (κ1) is 32.7.